The predicted octanol–water partition coefficient (Wildman–Crippen LogP) is 5.15. The third-order valence-electron chi connectivity index (χ3n) is 5.61. The number of para-hydroxylation sites is 1. The maximum absolute atomic E-state index is 12.4. The molecule has 0 aliphatic carbocycles. The van der Waals surface area contributed by atoms with Crippen LogP contribution in [0.1, 0.15) is 50.0 Å². The highest BCUT2D eigenvalue weighted by Crippen LogP contribution is 2.36. The van der Waals surface area contributed by atoms with E-state index in [0.29, 0.717) is 18.7 Å². The molecule has 3 aromatic rings. The van der Waals surface area contributed by atoms with E-state index in [4.69, 9.17) is 9.47 Å². The maximum atomic E-state index is 12.4. The van der Waals surface area contributed by atoms with Crippen LogP contribution in [0.15, 0.2) is 42.5 Å². The number of likely N-dealkylation sites (tertiary alicyclic amines) is 1. The zero-order chi connectivity index (χ0) is 21.5. The molecule has 0 atom stereocenters. The molecule has 1 saturated heterocycles. The molecular weight excluding hydrogens is 380 g/mol. The molecule has 2 heterocycles. The number of amides is 1. The minimum atomic E-state index is -0.495. The van der Waals surface area contributed by atoms with Crippen molar-refractivity contribution in [2.45, 2.75) is 45.3 Å². The highest BCUT2D eigenvalue weighted by molar-refractivity contribution is 6.09. The van der Waals surface area contributed by atoms with Crippen LogP contribution in [0.4, 0.5) is 4.79 Å². The van der Waals surface area contributed by atoms with Crippen LogP contribution >= 0.6 is 0 Å². The van der Waals surface area contributed by atoms with Gasteiger partial charge in [-0.15, -0.1) is 0 Å². The molecule has 1 aromatic heterocycles. The monoisotopic (exact) mass is 408 g/mol. The number of rotatable bonds is 2. The summed E-state index contributed by atoms with van der Waals surface area (Å²) >= 11 is 0. The third-order valence-corrected chi connectivity index (χ3v) is 5.61. The Morgan fingerprint density at radius 2 is 1.63 bits per heavy atom. The Morgan fingerprint density at radius 3 is 2.30 bits per heavy atom. The molecule has 0 N–H and O–H groups in total. The second-order valence-corrected chi connectivity index (χ2v) is 8.81. The zero-order valence-corrected chi connectivity index (χ0v) is 18.0. The van der Waals surface area contributed by atoms with Gasteiger partial charge in [0.1, 0.15) is 5.60 Å². The average Bonchev–Trinajstić information content (AvgIpc) is 3.05. The molecule has 1 aliphatic heterocycles. The van der Waals surface area contributed by atoms with Crippen molar-refractivity contribution in [3.63, 3.8) is 0 Å². The van der Waals surface area contributed by atoms with Crippen molar-refractivity contribution in [1.29, 1.82) is 0 Å². The number of aromatic nitrogens is 1. The van der Waals surface area contributed by atoms with Crippen molar-refractivity contribution in [1.82, 2.24) is 9.47 Å². The van der Waals surface area contributed by atoms with Gasteiger partial charge in [-0.05, 0) is 51.8 Å². The fourth-order valence-corrected chi connectivity index (χ4v) is 4.27. The van der Waals surface area contributed by atoms with Crippen molar-refractivity contribution < 1.29 is 19.1 Å². The number of piperidine rings is 1. The van der Waals surface area contributed by atoms with Crippen molar-refractivity contribution in [2.24, 2.45) is 0 Å². The summed E-state index contributed by atoms with van der Waals surface area (Å²) in [5, 5.41) is 2.28. The van der Waals surface area contributed by atoms with E-state index >= 15 is 0 Å². The maximum Gasteiger partial charge on any atom is 0.410 e. The van der Waals surface area contributed by atoms with Gasteiger partial charge >= 0.3 is 12.1 Å². The number of hydrogen-bond acceptors (Lipinski definition) is 4. The summed E-state index contributed by atoms with van der Waals surface area (Å²) in [6, 6.07) is 14.3. The normalized spacial score (nSPS) is 15.5. The van der Waals surface area contributed by atoms with Crippen LogP contribution in [-0.2, 0) is 9.47 Å². The SMILES string of the molecule is COC(=O)c1ccc2c3ccccc3n(C3CCN(C(=O)OC(C)(C)C)CC3)c2c1. The quantitative estimate of drug-likeness (QED) is 0.550. The molecule has 0 spiro atoms. The number of hydrogen-bond donors (Lipinski definition) is 0. The summed E-state index contributed by atoms with van der Waals surface area (Å²) in [7, 11) is 1.40. The van der Waals surface area contributed by atoms with Gasteiger partial charge in [0, 0.05) is 35.4 Å². The van der Waals surface area contributed by atoms with Gasteiger partial charge in [0.25, 0.3) is 0 Å². The Morgan fingerprint density at radius 1 is 0.967 bits per heavy atom. The van der Waals surface area contributed by atoms with Gasteiger partial charge in [0.2, 0.25) is 0 Å². The van der Waals surface area contributed by atoms with Crippen LogP contribution in [0.2, 0.25) is 0 Å². The topological polar surface area (TPSA) is 60.8 Å². The number of benzene rings is 2. The van der Waals surface area contributed by atoms with Crippen molar-refractivity contribution in [3.8, 4) is 0 Å². The number of esters is 1. The van der Waals surface area contributed by atoms with Gasteiger partial charge in [-0.25, -0.2) is 9.59 Å². The Balaban J connectivity index is 1.68. The third kappa shape index (κ3) is 3.74. The van der Waals surface area contributed by atoms with E-state index in [-0.39, 0.29) is 18.1 Å². The van der Waals surface area contributed by atoms with Crippen LogP contribution in [0.3, 0.4) is 0 Å². The number of carbonyl (C=O) groups is 2. The summed E-state index contributed by atoms with van der Waals surface area (Å²) in [5.41, 5.74) is 2.21. The van der Waals surface area contributed by atoms with Gasteiger partial charge < -0.3 is 18.9 Å². The van der Waals surface area contributed by atoms with E-state index in [1.165, 1.54) is 12.5 Å². The molecule has 0 radical (unpaired) electrons. The molecular formula is C24H28N2O4. The lowest BCUT2D eigenvalue weighted by molar-refractivity contribution is 0.0190. The van der Waals surface area contributed by atoms with E-state index in [2.05, 4.69) is 16.7 Å². The first-order chi connectivity index (χ1) is 14.3. The van der Waals surface area contributed by atoms with Crippen molar-refractivity contribution >= 4 is 33.9 Å². The molecule has 2 aromatic carbocycles. The number of nitrogens with zero attached hydrogens (tertiary/aromatic N) is 2. The Bertz CT molecular complexity index is 1100. The standard InChI is InChI=1S/C24H28N2O4/c1-24(2,3)30-23(28)25-13-11-17(12-14-25)26-20-8-6-5-7-18(20)19-10-9-16(15-21(19)26)22(27)29-4/h5-10,15,17H,11-14H2,1-4H3. The van der Waals surface area contributed by atoms with Gasteiger partial charge in [0.15, 0.2) is 0 Å². The van der Waals surface area contributed by atoms with Crippen molar-refractivity contribution in [2.75, 3.05) is 20.2 Å². The molecule has 0 saturated carbocycles. The lowest BCUT2D eigenvalue weighted by Gasteiger charge is -2.34. The van der Waals surface area contributed by atoms with E-state index in [0.717, 1.165) is 29.3 Å². The predicted molar refractivity (Wildman–Crippen MR) is 117 cm³/mol. The first kappa shape index (κ1) is 20.3. The molecule has 6 nitrogen and oxygen atoms in total. The van der Waals surface area contributed by atoms with E-state index in [9.17, 15) is 9.59 Å². The molecule has 1 fully saturated rings. The fraction of sp³-hybridized carbons (Fsp3) is 0.417. The van der Waals surface area contributed by atoms with Crippen molar-refractivity contribution in [3.05, 3.63) is 48.0 Å². The minimum Gasteiger partial charge on any atom is -0.465 e. The molecule has 158 valence electrons. The Kier molecular flexibility index (Phi) is 5.18. The van der Waals surface area contributed by atoms with Crippen LogP contribution in [0.5, 0.6) is 0 Å². The van der Waals surface area contributed by atoms with E-state index in [1.54, 1.807) is 4.90 Å². The first-order valence-corrected chi connectivity index (χ1v) is 10.4. The summed E-state index contributed by atoms with van der Waals surface area (Å²) in [4.78, 5) is 26.3. The summed E-state index contributed by atoms with van der Waals surface area (Å²) < 4.78 is 12.8. The summed E-state index contributed by atoms with van der Waals surface area (Å²) in [6.45, 7) is 6.94. The molecule has 1 aliphatic rings. The first-order valence-electron chi connectivity index (χ1n) is 10.4. The smallest absolute Gasteiger partial charge is 0.410 e. The molecule has 0 unspecified atom stereocenters. The lowest BCUT2D eigenvalue weighted by atomic mass is 10.0. The van der Waals surface area contributed by atoms with Gasteiger partial charge in [-0.1, -0.05) is 24.3 Å². The number of ether oxygens (including phenoxy) is 2. The highest BCUT2D eigenvalue weighted by atomic mass is 16.6. The molecule has 4 rings (SSSR count). The van der Waals surface area contributed by atoms with Crippen LogP contribution < -0.4 is 0 Å². The Labute approximate surface area is 176 Å². The average molecular weight is 408 g/mol. The second-order valence-electron chi connectivity index (χ2n) is 8.81. The molecule has 1 amide bonds. The number of fused-ring (bicyclic) bond motifs is 3. The van der Waals surface area contributed by atoms with E-state index < -0.39 is 5.60 Å². The van der Waals surface area contributed by atoms with Gasteiger partial charge in [0.05, 0.1) is 18.2 Å². The van der Waals surface area contributed by atoms with Crippen LogP contribution in [0.25, 0.3) is 21.8 Å². The fourth-order valence-electron chi connectivity index (χ4n) is 4.27. The highest BCUT2D eigenvalue weighted by Gasteiger charge is 2.29. The summed E-state index contributed by atoms with van der Waals surface area (Å²) in [6.07, 6.45) is 1.40. The lowest BCUT2D eigenvalue weighted by Crippen LogP contribution is -2.42. The number of carbonyl (C=O) groups excluding carboxylic acids is 2. The second kappa shape index (κ2) is 7.67. The number of methoxy groups -OCH3 is 1. The van der Waals surface area contributed by atoms with Gasteiger partial charge in [-0.2, -0.15) is 0 Å². The Hall–Kier alpha value is -3.02. The molecule has 6 heteroatoms. The molecule has 30 heavy (non-hydrogen) atoms. The summed E-state index contributed by atoms with van der Waals surface area (Å²) in [5.74, 6) is -0.339. The van der Waals surface area contributed by atoms with Gasteiger partial charge in [-0.3, -0.25) is 0 Å². The zero-order valence-electron chi connectivity index (χ0n) is 18.0. The largest absolute Gasteiger partial charge is 0.465 e. The van der Waals surface area contributed by atoms with Crippen LogP contribution in [0, 0.1) is 0 Å². The van der Waals surface area contributed by atoms with E-state index in [1.807, 2.05) is 51.1 Å². The molecule has 0 bridgehead atoms. The van der Waals surface area contributed by atoms with Crippen LogP contribution in [-0.4, -0.2) is 47.3 Å². The minimum absolute atomic E-state index is 0.235.